The summed E-state index contributed by atoms with van der Waals surface area (Å²) in [6.45, 7) is 8.58. The minimum atomic E-state index is 0.247. The van der Waals surface area contributed by atoms with Crippen LogP contribution in [0.3, 0.4) is 0 Å². The van der Waals surface area contributed by atoms with E-state index < -0.39 is 0 Å². The van der Waals surface area contributed by atoms with E-state index in [0.29, 0.717) is 0 Å². The van der Waals surface area contributed by atoms with E-state index in [2.05, 4.69) is 6.92 Å². The third kappa shape index (κ3) is 7.82. The Labute approximate surface area is 69.9 Å². The molecule has 0 N–H and O–H groups in total. The highest BCUT2D eigenvalue weighted by Crippen LogP contribution is 1.93. The van der Waals surface area contributed by atoms with Crippen LogP contribution in [0.1, 0.15) is 33.6 Å². The van der Waals surface area contributed by atoms with E-state index in [-0.39, 0.29) is 6.10 Å². The van der Waals surface area contributed by atoms with Gasteiger partial charge in [0.05, 0.1) is 12.7 Å². The molecule has 0 bridgehead atoms. The fourth-order valence-corrected chi connectivity index (χ4v) is 0.828. The van der Waals surface area contributed by atoms with Crippen LogP contribution < -0.4 is 0 Å². The van der Waals surface area contributed by atoms with Crippen LogP contribution in [0.4, 0.5) is 0 Å². The van der Waals surface area contributed by atoms with E-state index >= 15 is 0 Å². The average Bonchev–Trinajstić information content (AvgIpc) is 1.99. The summed E-state index contributed by atoms with van der Waals surface area (Å²) in [5.74, 6) is 0. The van der Waals surface area contributed by atoms with Crippen LogP contribution in [-0.4, -0.2) is 25.9 Å². The first-order valence-corrected chi connectivity index (χ1v) is 4.50. The van der Waals surface area contributed by atoms with Crippen LogP contribution in [0.25, 0.3) is 0 Å². The van der Waals surface area contributed by atoms with Crippen LogP contribution in [0.2, 0.25) is 0 Å². The molecular weight excluding hydrogens is 140 g/mol. The third-order valence-corrected chi connectivity index (χ3v) is 1.45. The van der Waals surface area contributed by atoms with Gasteiger partial charge in [0.25, 0.3) is 0 Å². The molecular formula is C9H20O2. The van der Waals surface area contributed by atoms with Gasteiger partial charge in [0.15, 0.2) is 0 Å². The molecule has 11 heavy (non-hydrogen) atoms. The zero-order valence-electron chi connectivity index (χ0n) is 7.93. The molecule has 68 valence electrons. The molecule has 0 aromatic heterocycles. The Hall–Kier alpha value is -0.0800. The lowest BCUT2D eigenvalue weighted by atomic mass is 10.3. The van der Waals surface area contributed by atoms with Gasteiger partial charge in [-0.15, -0.1) is 0 Å². The standard InChI is InChI=1S/C9H20O2/c1-4-6-7-10-8-9(3)11-5-2/h9H,4-8H2,1-3H3. The maximum Gasteiger partial charge on any atom is 0.0780 e. The molecule has 0 saturated carbocycles. The van der Waals surface area contributed by atoms with Crippen molar-refractivity contribution in [1.82, 2.24) is 0 Å². The molecule has 0 rings (SSSR count). The normalized spacial score (nSPS) is 13.4. The van der Waals surface area contributed by atoms with Crippen molar-refractivity contribution in [2.24, 2.45) is 0 Å². The van der Waals surface area contributed by atoms with E-state index in [9.17, 15) is 0 Å². The quantitative estimate of drug-likeness (QED) is 0.532. The highest BCUT2D eigenvalue weighted by molar-refractivity contribution is 4.45. The van der Waals surface area contributed by atoms with Crippen molar-refractivity contribution in [3.8, 4) is 0 Å². The first kappa shape index (κ1) is 10.9. The first-order chi connectivity index (χ1) is 5.31. The molecule has 0 saturated heterocycles. The van der Waals surface area contributed by atoms with Crippen molar-refractivity contribution in [1.29, 1.82) is 0 Å². The highest BCUT2D eigenvalue weighted by Gasteiger charge is 1.98. The highest BCUT2D eigenvalue weighted by atomic mass is 16.5. The van der Waals surface area contributed by atoms with Crippen molar-refractivity contribution in [2.75, 3.05) is 19.8 Å². The Morgan fingerprint density at radius 1 is 1.27 bits per heavy atom. The largest absolute Gasteiger partial charge is 0.379 e. The lowest BCUT2D eigenvalue weighted by molar-refractivity contribution is -0.00208. The smallest absolute Gasteiger partial charge is 0.0780 e. The van der Waals surface area contributed by atoms with Gasteiger partial charge >= 0.3 is 0 Å². The molecule has 0 spiro atoms. The second kappa shape index (κ2) is 8.02. The van der Waals surface area contributed by atoms with Gasteiger partial charge in [-0.1, -0.05) is 13.3 Å². The van der Waals surface area contributed by atoms with Crippen LogP contribution in [0.5, 0.6) is 0 Å². The zero-order valence-corrected chi connectivity index (χ0v) is 7.93. The van der Waals surface area contributed by atoms with Crippen molar-refractivity contribution in [2.45, 2.75) is 39.7 Å². The fourth-order valence-electron chi connectivity index (χ4n) is 0.828. The van der Waals surface area contributed by atoms with Gasteiger partial charge in [-0.25, -0.2) is 0 Å². The molecule has 0 aromatic carbocycles. The molecule has 2 nitrogen and oxygen atoms in total. The Morgan fingerprint density at radius 3 is 2.55 bits per heavy atom. The number of rotatable bonds is 7. The summed E-state index contributed by atoms with van der Waals surface area (Å²) in [6.07, 6.45) is 2.60. The maximum atomic E-state index is 5.36. The Bertz CT molecular complexity index is 74.0. The molecule has 0 fully saturated rings. The Kier molecular flexibility index (Phi) is 7.96. The molecule has 0 aliphatic rings. The number of ether oxygens (including phenoxy) is 2. The number of unbranched alkanes of at least 4 members (excludes halogenated alkanes) is 1. The van der Waals surface area contributed by atoms with Crippen LogP contribution >= 0.6 is 0 Å². The van der Waals surface area contributed by atoms with Gasteiger partial charge in [0.1, 0.15) is 0 Å². The molecule has 0 radical (unpaired) electrons. The van der Waals surface area contributed by atoms with E-state index in [1.54, 1.807) is 0 Å². The van der Waals surface area contributed by atoms with Crippen LogP contribution in [0.15, 0.2) is 0 Å². The Morgan fingerprint density at radius 2 is 2.00 bits per heavy atom. The monoisotopic (exact) mass is 160 g/mol. The summed E-state index contributed by atoms with van der Waals surface area (Å²) in [5, 5.41) is 0. The minimum absolute atomic E-state index is 0.247. The second-order valence-electron chi connectivity index (χ2n) is 2.69. The van der Waals surface area contributed by atoms with Gasteiger partial charge in [0, 0.05) is 13.2 Å². The molecule has 0 aliphatic heterocycles. The van der Waals surface area contributed by atoms with E-state index in [4.69, 9.17) is 9.47 Å². The molecule has 0 aromatic rings. The van der Waals surface area contributed by atoms with Crippen molar-refractivity contribution in [3.63, 3.8) is 0 Å². The number of hydrogen-bond donors (Lipinski definition) is 0. The minimum Gasteiger partial charge on any atom is -0.379 e. The summed E-state index contributed by atoms with van der Waals surface area (Å²) >= 11 is 0. The van der Waals surface area contributed by atoms with E-state index in [1.807, 2.05) is 13.8 Å². The molecule has 0 amide bonds. The molecule has 1 unspecified atom stereocenters. The first-order valence-electron chi connectivity index (χ1n) is 4.50. The predicted octanol–water partition coefficient (Wildman–Crippen LogP) is 2.23. The van der Waals surface area contributed by atoms with Gasteiger partial charge in [0.2, 0.25) is 0 Å². The summed E-state index contributed by atoms with van der Waals surface area (Å²) in [5.41, 5.74) is 0. The van der Waals surface area contributed by atoms with E-state index in [0.717, 1.165) is 26.2 Å². The van der Waals surface area contributed by atoms with Crippen LogP contribution in [0, 0.1) is 0 Å². The summed E-state index contributed by atoms with van der Waals surface area (Å²) in [7, 11) is 0. The van der Waals surface area contributed by atoms with Crippen molar-refractivity contribution in [3.05, 3.63) is 0 Å². The summed E-state index contributed by atoms with van der Waals surface area (Å²) in [4.78, 5) is 0. The molecule has 2 heteroatoms. The van der Waals surface area contributed by atoms with Crippen molar-refractivity contribution >= 4 is 0 Å². The van der Waals surface area contributed by atoms with Gasteiger partial charge in [-0.05, 0) is 20.3 Å². The lowest BCUT2D eigenvalue weighted by Gasteiger charge is -2.11. The van der Waals surface area contributed by atoms with E-state index in [1.165, 1.54) is 6.42 Å². The fraction of sp³-hybridized carbons (Fsp3) is 1.00. The van der Waals surface area contributed by atoms with Crippen LogP contribution in [-0.2, 0) is 9.47 Å². The molecule has 0 aliphatic carbocycles. The Balaban J connectivity index is 2.97. The lowest BCUT2D eigenvalue weighted by Crippen LogP contribution is -2.16. The topological polar surface area (TPSA) is 18.5 Å². The second-order valence-corrected chi connectivity index (χ2v) is 2.69. The van der Waals surface area contributed by atoms with Gasteiger partial charge in [-0.2, -0.15) is 0 Å². The maximum absolute atomic E-state index is 5.36. The van der Waals surface area contributed by atoms with Gasteiger partial charge in [-0.3, -0.25) is 0 Å². The zero-order chi connectivity index (χ0) is 8.53. The third-order valence-electron chi connectivity index (χ3n) is 1.45. The summed E-state index contributed by atoms with van der Waals surface area (Å²) in [6, 6.07) is 0. The predicted molar refractivity (Wildman–Crippen MR) is 46.8 cm³/mol. The number of hydrogen-bond acceptors (Lipinski definition) is 2. The van der Waals surface area contributed by atoms with Crippen molar-refractivity contribution < 1.29 is 9.47 Å². The molecule has 0 heterocycles. The van der Waals surface area contributed by atoms with Gasteiger partial charge < -0.3 is 9.47 Å². The SMILES string of the molecule is CCCCOCC(C)OCC. The molecule has 1 atom stereocenters. The average molecular weight is 160 g/mol. The summed E-state index contributed by atoms with van der Waals surface area (Å²) < 4.78 is 10.7.